The number of nitrogens with one attached hydrogen (secondary N) is 1. The minimum Gasteiger partial charge on any atom is -0.493 e. The molecule has 0 bridgehead atoms. The molecule has 0 unspecified atom stereocenters. The van der Waals surface area contributed by atoms with E-state index in [1.54, 1.807) is 0 Å². The van der Waals surface area contributed by atoms with Crippen molar-refractivity contribution in [2.75, 3.05) is 30.3 Å². The second-order valence-electron chi connectivity index (χ2n) is 11.0. The first-order valence-electron chi connectivity index (χ1n) is 14.2. The number of amides is 2. The van der Waals surface area contributed by atoms with Crippen LogP contribution in [0.15, 0.2) is 60.7 Å². The molecule has 2 N–H and O–H groups in total. The van der Waals surface area contributed by atoms with Gasteiger partial charge >= 0.3 is 6.09 Å². The molecule has 0 aromatic heterocycles. The monoisotopic (exact) mass is 592 g/mol. The Bertz CT molecular complexity index is 1590. The molecule has 0 radical (unpaired) electrons. The van der Waals surface area contributed by atoms with E-state index in [0.717, 1.165) is 46.7 Å². The minimum atomic E-state index is -4.16. The fraction of sp³-hybridized carbons (Fsp3) is 0.375. The topological polar surface area (TPSA) is 122 Å². The van der Waals surface area contributed by atoms with Crippen molar-refractivity contribution in [2.45, 2.75) is 45.6 Å². The SMILES string of the molecule is Cc1cccc(OCCCC(=O)N2C[C@@H]3C[C@@H]3c3c(-c4cccc(COC(=O)NCCS(=O)(=O)O)c4)cccc32)c1C. The van der Waals surface area contributed by atoms with Crippen LogP contribution in [0, 0.1) is 19.8 Å². The first kappa shape index (κ1) is 29.6. The number of rotatable bonds is 11. The van der Waals surface area contributed by atoms with Gasteiger partial charge in [-0.2, -0.15) is 8.42 Å². The number of hydrogen-bond acceptors (Lipinski definition) is 6. The number of fused-ring (bicyclic) bond motifs is 3. The molecule has 1 aliphatic carbocycles. The maximum absolute atomic E-state index is 13.4. The molecule has 2 aliphatic rings. The summed E-state index contributed by atoms with van der Waals surface area (Å²) in [6, 6.07) is 19.8. The summed E-state index contributed by atoms with van der Waals surface area (Å²) < 4.78 is 41.6. The lowest BCUT2D eigenvalue weighted by molar-refractivity contribution is -0.119. The van der Waals surface area contributed by atoms with Crippen LogP contribution in [-0.2, 0) is 26.3 Å². The molecule has 1 heterocycles. The number of hydrogen-bond donors (Lipinski definition) is 2. The molecule has 1 aliphatic heterocycles. The number of anilines is 1. The highest BCUT2D eigenvalue weighted by Gasteiger charge is 2.47. The Morgan fingerprint density at radius 3 is 2.67 bits per heavy atom. The molecule has 0 spiro atoms. The number of alkyl carbamates (subject to hydrolysis) is 1. The summed E-state index contributed by atoms with van der Waals surface area (Å²) in [7, 11) is -4.16. The van der Waals surface area contributed by atoms with E-state index in [4.69, 9.17) is 14.0 Å². The van der Waals surface area contributed by atoms with E-state index in [-0.39, 0.29) is 19.1 Å². The van der Waals surface area contributed by atoms with Crippen LogP contribution < -0.4 is 15.0 Å². The standard InChI is InChI=1S/C32H36N2O7S/c1-21-7-3-12-29(22(21)2)40-15-6-13-30(35)34-19-25-18-27(25)31-26(10-5-11-28(31)34)24-9-4-8-23(17-24)20-41-32(36)33-14-16-42(37,38)39/h3-5,7-12,17,25,27H,6,13-16,18-20H2,1-2H3,(H,33,36)(H,37,38,39)/t25-,27-/m0/s1. The van der Waals surface area contributed by atoms with Crippen molar-refractivity contribution >= 4 is 27.8 Å². The van der Waals surface area contributed by atoms with Crippen molar-refractivity contribution in [3.8, 4) is 16.9 Å². The number of aryl methyl sites for hydroxylation is 1. The fourth-order valence-electron chi connectivity index (χ4n) is 5.53. The third-order valence-electron chi connectivity index (χ3n) is 7.97. The highest BCUT2D eigenvalue weighted by atomic mass is 32.2. The Balaban J connectivity index is 1.23. The largest absolute Gasteiger partial charge is 0.493 e. The molecule has 9 nitrogen and oxygen atoms in total. The van der Waals surface area contributed by atoms with Crippen molar-refractivity contribution in [1.29, 1.82) is 0 Å². The lowest BCUT2D eigenvalue weighted by Gasteiger charge is -2.31. The van der Waals surface area contributed by atoms with Crippen molar-refractivity contribution < 1.29 is 32.0 Å². The van der Waals surface area contributed by atoms with Crippen LogP contribution in [-0.4, -0.2) is 50.4 Å². The number of ether oxygens (including phenoxy) is 2. The summed E-state index contributed by atoms with van der Waals surface area (Å²) in [4.78, 5) is 27.3. The Kier molecular flexibility index (Phi) is 8.84. The Morgan fingerprint density at radius 2 is 1.86 bits per heavy atom. The first-order valence-corrected chi connectivity index (χ1v) is 15.8. The number of carbonyl (C=O) groups excluding carboxylic acids is 2. The predicted octanol–water partition coefficient (Wildman–Crippen LogP) is 5.39. The van der Waals surface area contributed by atoms with Crippen molar-refractivity contribution in [3.63, 3.8) is 0 Å². The van der Waals surface area contributed by atoms with Gasteiger partial charge in [0.15, 0.2) is 0 Å². The summed E-state index contributed by atoms with van der Waals surface area (Å²) in [5, 5.41) is 2.31. The van der Waals surface area contributed by atoms with Gasteiger partial charge in [-0.1, -0.05) is 42.5 Å². The van der Waals surface area contributed by atoms with Crippen LogP contribution in [0.5, 0.6) is 5.75 Å². The second-order valence-corrected chi connectivity index (χ2v) is 12.6. The van der Waals surface area contributed by atoms with Gasteiger partial charge in [-0.25, -0.2) is 4.79 Å². The maximum Gasteiger partial charge on any atom is 0.407 e. The van der Waals surface area contributed by atoms with Crippen LogP contribution in [0.1, 0.15) is 47.4 Å². The number of nitrogens with zero attached hydrogens (tertiary/aromatic N) is 1. The van der Waals surface area contributed by atoms with Gasteiger partial charge in [0.2, 0.25) is 5.91 Å². The van der Waals surface area contributed by atoms with E-state index in [1.165, 1.54) is 11.1 Å². The van der Waals surface area contributed by atoms with Crippen LogP contribution in [0.2, 0.25) is 0 Å². The van der Waals surface area contributed by atoms with Crippen molar-refractivity contribution in [3.05, 3.63) is 82.9 Å². The summed E-state index contributed by atoms with van der Waals surface area (Å²) in [5.41, 5.74) is 7.27. The molecule has 0 saturated heterocycles. The Morgan fingerprint density at radius 1 is 1.07 bits per heavy atom. The number of carbonyl (C=O) groups is 2. The zero-order valence-electron chi connectivity index (χ0n) is 23.8. The highest BCUT2D eigenvalue weighted by Crippen LogP contribution is 2.57. The first-order chi connectivity index (χ1) is 20.1. The van der Waals surface area contributed by atoms with E-state index in [0.29, 0.717) is 31.3 Å². The van der Waals surface area contributed by atoms with Crippen molar-refractivity contribution in [2.24, 2.45) is 5.92 Å². The quantitative estimate of drug-likeness (QED) is 0.226. The van der Waals surface area contributed by atoms with E-state index in [1.807, 2.05) is 60.4 Å². The van der Waals surface area contributed by atoms with Crippen LogP contribution in [0.25, 0.3) is 11.1 Å². The predicted molar refractivity (Wildman–Crippen MR) is 160 cm³/mol. The van der Waals surface area contributed by atoms with Crippen LogP contribution >= 0.6 is 0 Å². The van der Waals surface area contributed by atoms with Gasteiger partial charge in [0.1, 0.15) is 12.4 Å². The van der Waals surface area contributed by atoms with Crippen LogP contribution in [0.4, 0.5) is 10.5 Å². The summed E-state index contributed by atoms with van der Waals surface area (Å²) >= 11 is 0. The molecule has 3 aromatic rings. The van der Waals surface area contributed by atoms with E-state index in [9.17, 15) is 18.0 Å². The van der Waals surface area contributed by atoms with E-state index in [2.05, 4.69) is 24.4 Å². The van der Waals surface area contributed by atoms with Gasteiger partial charge in [-0.15, -0.1) is 0 Å². The van der Waals surface area contributed by atoms with Crippen LogP contribution in [0.3, 0.4) is 0 Å². The fourth-order valence-corrected chi connectivity index (χ4v) is 5.89. The Labute approximate surface area is 246 Å². The van der Waals surface area contributed by atoms with Gasteiger partial charge < -0.3 is 19.7 Å². The maximum atomic E-state index is 13.4. The molecule has 1 fully saturated rings. The summed E-state index contributed by atoms with van der Waals surface area (Å²) in [6.45, 7) is 5.07. The van der Waals surface area contributed by atoms with E-state index < -0.39 is 22.0 Å². The number of benzene rings is 3. The molecule has 3 aromatic carbocycles. The smallest absolute Gasteiger partial charge is 0.407 e. The van der Waals surface area contributed by atoms with Gasteiger partial charge in [0.25, 0.3) is 10.1 Å². The summed E-state index contributed by atoms with van der Waals surface area (Å²) in [5.74, 6) is 1.25. The Hall–Kier alpha value is -3.89. The lowest BCUT2D eigenvalue weighted by Crippen LogP contribution is -2.36. The third-order valence-corrected chi connectivity index (χ3v) is 8.69. The highest BCUT2D eigenvalue weighted by molar-refractivity contribution is 7.85. The lowest BCUT2D eigenvalue weighted by atomic mass is 9.91. The normalized spacial score (nSPS) is 17.2. The summed E-state index contributed by atoms with van der Waals surface area (Å²) in [6.07, 6.45) is 1.33. The molecule has 10 heteroatoms. The van der Waals surface area contributed by atoms with E-state index >= 15 is 0 Å². The second kappa shape index (κ2) is 12.5. The zero-order valence-corrected chi connectivity index (χ0v) is 24.7. The van der Waals surface area contributed by atoms with Gasteiger partial charge in [-0.3, -0.25) is 9.35 Å². The average molecular weight is 593 g/mol. The third kappa shape index (κ3) is 7.11. The molecule has 5 rings (SSSR count). The molecule has 1 saturated carbocycles. The molecular weight excluding hydrogens is 556 g/mol. The molecule has 2 atom stereocenters. The molecule has 222 valence electrons. The van der Waals surface area contributed by atoms with Gasteiger partial charge in [0.05, 0.1) is 12.4 Å². The minimum absolute atomic E-state index is 0.00137. The zero-order chi connectivity index (χ0) is 29.9. The van der Waals surface area contributed by atoms with Gasteiger partial charge in [0, 0.05) is 25.2 Å². The molecule has 42 heavy (non-hydrogen) atoms. The van der Waals surface area contributed by atoms with Crippen molar-refractivity contribution in [1.82, 2.24) is 5.32 Å². The van der Waals surface area contributed by atoms with Gasteiger partial charge in [-0.05, 0) is 90.1 Å². The molecule has 2 amide bonds. The molecular formula is C32H36N2O7S. The average Bonchev–Trinajstić information content (AvgIpc) is 3.75.